The molecule has 1 aromatic rings. The highest BCUT2D eigenvalue weighted by Crippen LogP contribution is 2.20. The minimum Gasteiger partial charge on any atom is -0.481 e. The number of hydrogen-bond donors (Lipinski definition) is 9. The van der Waals surface area contributed by atoms with Gasteiger partial charge in [-0.2, -0.15) is 0 Å². The normalized spacial score (nSPS) is 16.5. The first kappa shape index (κ1) is 39.0. The van der Waals surface area contributed by atoms with Gasteiger partial charge < -0.3 is 47.4 Å². The van der Waals surface area contributed by atoms with Gasteiger partial charge in [0.25, 0.3) is 0 Å². The molecular formula is C31H46N8O9. The Balaban J connectivity index is 2.16. The summed E-state index contributed by atoms with van der Waals surface area (Å²) in [4.78, 5) is 90.1. The maximum absolute atomic E-state index is 13.5. The van der Waals surface area contributed by atoms with Gasteiger partial charge in [-0.1, -0.05) is 44.2 Å². The average molecular weight is 675 g/mol. The lowest BCUT2D eigenvalue weighted by Gasteiger charge is -2.30. The molecule has 1 aromatic carbocycles. The molecule has 0 radical (unpaired) electrons. The van der Waals surface area contributed by atoms with E-state index < -0.39 is 84.0 Å². The van der Waals surface area contributed by atoms with Crippen LogP contribution < -0.4 is 32.3 Å². The summed E-state index contributed by atoms with van der Waals surface area (Å²) < 4.78 is 0. The second kappa shape index (κ2) is 18.8. The highest BCUT2D eigenvalue weighted by Gasteiger charge is 2.39. The monoisotopic (exact) mass is 674 g/mol. The number of guanidine groups is 1. The fourth-order valence-corrected chi connectivity index (χ4v) is 5.29. The van der Waals surface area contributed by atoms with Crippen LogP contribution in [0.15, 0.2) is 30.3 Å². The van der Waals surface area contributed by atoms with Crippen LogP contribution in [0.5, 0.6) is 0 Å². The number of nitrogens with zero attached hydrogens (tertiary/aromatic N) is 1. The van der Waals surface area contributed by atoms with Gasteiger partial charge in [-0.25, -0.2) is 4.79 Å². The Kier molecular flexibility index (Phi) is 15.3. The summed E-state index contributed by atoms with van der Waals surface area (Å²) >= 11 is 0. The first-order chi connectivity index (χ1) is 22.6. The molecule has 5 atom stereocenters. The largest absolute Gasteiger partial charge is 0.481 e. The van der Waals surface area contributed by atoms with Crippen LogP contribution >= 0.6 is 0 Å². The average Bonchev–Trinajstić information content (AvgIpc) is 3.50. The second-order valence-corrected chi connectivity index (χ2v) is 11.9. The molecule has 2 rings (SSSR count). The van der Waals surface area contributed by atoms with Crippen LogP contribution in [0.25, 0.3) is 0 Å². The van der Waals surface area contributed by atoms with Crippen molar-refractivity contribution in [3.63, 3.8) is 0 Å². The molecule has 0 spiro atoms. The van der Waals surface area contributed by atoms with Crippen LogP contribution in [0.4, 0.5) is 0 Å². The van der Waals surface area contributed by atoms with Crippen LogP contribution in [0, 0.1) is 11.3 Å². The van der Waals surface area contributed by atoms with Gasteiger partial charge in [-0.15, -0.1) is 0 Å². The molecule has 0 bridgehead atoms. The number of aliphatic carboxylic acids is 2. The molecule has 0 aliphatic carbocycles. The SMILES string of the molecule is CC(=O)N[C@@H](CCCNC(=N)N)C(=O)N1CCC[C@H]1C(=O)N[C@@H](CC(=O)O)C(=O)N[C@H](C(=O)N[C@@H](Cc1ccccc1)C(=O)O)C(C)C. The Morgan fingerprint density at radius 3 is 2.17 bits per heavy atom. The summed E-state index contributed by atoms with van der Waals surface area (Å²) in [6.45, 7) is 4.90. The highest BCUT2D eigenvalue weighted by molar-refractivity contribution is 5.97. The van der Waals surface area contributed by atoms with Gasteiger partial charge in [-0.3, -0.25) is 34.2 Å². The number of carbonyl (C=O) groups is 7. The number of carbonyl (C=O) groups excluding carboxylic acids is 5. The van der Waals surface area contributed by atoms with E-state index in [0.717, 1.165) is 0 Å². The summed E-state index contributed by atoms with van der Waals surface area (Å²) in [6.07, 6.45) is 0.335. The predicted molar refractivity (Wildman–Crippen MR) is 172 cm³/mol. The first-order valence-electron chi connectivity index (χ1n) is 15.7. The lowest BCUT2D eigenvalue weighted by atomic mass is 10.0. The molecule has 5 amide bonds. The van der Waals surface area contributed by atoms with E-state index in [1.807, 2.05) is 0 Å². The molecule has 10 N–H and O–H groups in total. The van der Waals surface area contributed by atoms with Crippen LogP contribution in [0.1, 0.15) is 58.4 Å². The maximum Gasteiger partial charge on any atom is 0.326 e. The number of nitrogens with one attached hydrogen (secondary N) is 6. The van der Waals surface area contributed by atoms with E-state index in [2.05, 4.69) is 26.6 Å². The molecule has 48 heavy (non-hydrogen) atoms. The zero-order chi connectivity index (χ0) is 36.0. The molecule has 264 valence electrons. The minimum absolute atomic E-state index is 0.0208. The second-order valence-electron chi connectivity index (χ2n) is 11.9. The number of rotatable bonds is 18. The Morgan fingerprint density at radius 2 is 1.60 bits per heavy atom. The molecule has 1 aliphatic rings. The Bertz CT molecular complexity index is 1340. The number of likely N-dealkylation sites (tertiary alicyclic amines) is 1. The number of amides is 5. The van der Waals surface area contributed by atoms with E-state index in [9.17, 15) is 43.8 Å². The standard InChI is InChI=1S/C31H46N8O9/c1-17(2)25(28(45)37-22(30(47)48)15-19-9-5-4-6-10-19)38-26(43)21(16-24(41)42)36-27(44)23-12-8-14-39(23)29(46)20(35-18(3)40)11-7-13-34-31(32)33/h4-6,9-10,17,20-23,25H,7-8,11-16H2,1-3H3,(H,35,40)(H,36,44)(H,37,45)(H,38,43)(H,41,42)(H,47,48)(H4,32,33,34)/t20-,21-,22-,23-,25-/m0/s1. The van der Waals surface area contributed by atoms with Crippen molar-refractivity contribution in [2.45, 2.75) is 89.5 Å². The third-order valence-electron chi connectivity index (χ3n) is 7.66. The Labute approximate surface area is 278 Å². The summed E-state index contributed by atoms with van der Waals surface area (Å²) in [7, 11) is 0. The molecule has 0 aromatic heterocycles. The van der Waals surface area contributed by atoms with Gasteiger partial charge >= 0.3 is 11.9 Å². The molecule has 1 aliphatic heterocycles. The molecule has 1 saturated heterocycles. The van der Waals surface area contributed by atoms with Crippen molar-refractivity contribution in [3.05, 3.63) is 35.9 Å². The maximum atomic E-state index is 13.5. The van der Waals surface area contributed by atoms with Crippen LogP contribution in [0.2, 0.25) is 0 Å². The van der Waals surface area contributed by atoms with Crippen molar-refractivity contribution in [3.8, 4) is 0 Å². The van der Waals surface area contributed by atoms with Crippen molar-refractivity contribution in [1.82, 2.24) is 31.5 Å². The summed E-state index contributed by atoms with van der Waals surface area (Å²) in [5.74, 6) is -7.10. The van der Waals surface area contributed by atoms with Crippen molar-refractivity contribution < 1.29 is 43.8 Å². The van der Waals surface area contributed by atoms with E-state index >= 15 is 0 Å². The van der Waals surface area contributed by atoms with Gasteiger partial charge in [-0.05, 0) is 37.2 Å². The van der Waals surface area contributed by atoms with Crippen molar-refractivity contribution in [1.29, 1.82) is 5.41 Å². The van der Waals surface area contributed by atoms with Gasteiger partial charge in [0, 0.05) is 26.4 Å². The lowest BCUT2D eigenvalue weighted by Crippen LogP contribution is -2.59. The molecule has 0 unspecified atom stereocenters. The molecule has 1 heterocycles. The number of nitrogens with two attached hydrogens (primary N) is 1. The van der Waals surface area contributed by atoms with Crippen LogP contribution in [-0.2, 0) is 40.0 Å². The smallest absolute Gasteiger partial charge is 0.326 e. The molecule has 0 saturated carbocycles. The fraction of sp³-hybridized carbons (Fsp3) is 0.548. The van der Waals surface area contributed by atoms with Crippen LogP contribution in [-0.4, -0.2) is 106 Å². The number of benzene rings is 1. The van der Waals surface area contributed by atoms with Gasteiger partial charge in [0.15, 0.2) is 5.96 Å². The molecular weight excluding hydrogens is 628 g/mol. The van der Waals surface area contributed by atoms with Gasteiger partial charge in [0.05, 0.1) is 6.42 Å². The topological polar surface area (TPSA) is 273 Å². The number of carboxylic acid groups (broad SMARTS) is 2. The Hall–Kier alpha value is -5.22. The van der Waals surface area contributed by atoms with E-state index in [1.165, 1.54) is 11.8 Å². The van der Waals surface area contributed by atoms with Crippen molar-refractivity contribution >= 4 is 47.4 Å². The minimum atomic E-state index is -1.63. The van der Waals surface area contributed by atoms with E-state index in [4.69, 9.17) is 11.1 Å². The van der Waals surface area contributed by atoms with E-state index in [-0.39, 0.29) is 38.3 Å². The lowest BCUT2D eigenvalue weighted by molar-refractivity contribution is -0.144. The quantitative estimate of drug-likeness (QED) is 0.0499. The molecule has 17 heteroatoms. The van der Waals surface area contributed by atoms with Crippen LogP contribution in [0.3, 0.4) is 0 Å². The summed E-state index contributed by atoms with van der Waals surface area (Å²) in [5.41, 5.74) is 5.94. The summed E-state index contributed by atoms with van der Waals surface area (Å²) in [5, 5.41) is 38.9. The summed E-state index contributed by atoms with van der Waals surface area (Å²) in [6, 6.07) is 2.35. The van der Waals surface area contributed by atoms with Gasteiger partial charge in [0.2, 0.25) is 29.5 Å². The Morgan fingerprint density at radius 1 is 0.938 bits per heavy atom. The van der Waals surface area contributed by atoms with E-state index in [1.54, 1.807) is 44.2 Å². The fourth-order valence-electron chi connectivity index (χ4n) is 5.29. The first-order valence-corrected chi connectivity index (χ1v) is 15.7. The molecule has 17 nitrogen and oxygen atoms in total. The highest BCUT2D eigenvalue weighted by atomic mass is 16.4. The molecule has 1 fully saturated rings. The third kappa shape index (κ3) is 12.5. The van der Waals surface area contributed by atoms with Gasteiger partial charge in [0.1, 0.15) is 30.2 Å². The van der Waals surface area contributed by atoms with Crippen molar-refractivity contribution in [2.24, 2.45) is 11.7 Å². The number of hydrogen-bond acceptors (Lipinski definition) is 8. The number of carboxylic acids is 2. The zero-order valence-electron chi connectivity index (χ0n) is 27.3. The van der Waals surface area contributed by atoms with E-state index in [0.29, 0.717) is 18.4 Å². The zero-order valence-corrected chi connectivity index (χ0v) is 27.3. The predicted octanol–water partition coefficient (Wildman–Crippen LogP) is -1.34. The van der Waals surface area contributed by atoms with Crippen molar-refractivity contribution in [2.75, 3.05) is 13.1 Å². The third-order valence-corrected chi connectivity index (χ3v) is 7.66.